The Bertz CT molecular complexity index is 2400. The van der Waals surface area contributed by atoms with Crippen molar-refractivity contribution in [2.45, 2.75) is 19.3 Å². The maximum absolute atomic E-state index is 5.04. The Kier molecular flexibility index (Phi) is 7.48. The van der Waals surface area contributed by atoms with Crippen molar-refractivity contribution in [2.75, 3.05) is 0 Å². The second-order valence-electron chi connectivity index (χ2n) is 13.7. The summed E-state index contributed by atoms with van der Waals surface area (Å²) in [4.78, 5) is 15.1. The first-order chi connectivity index (χ1) is 25.0. The fourth-order valence-corrected chi connectivity index (χ4v) is 7.36. The van der Waals surface area contributed by atoms with Crippen LogP contribution < -0.4 is 0 Å². The van der Waals surface area contributed by atoms with Crippen LogP contribution in [0.4, 0.5) is 0 Å². The normalized spacial score (nSPS) is 12.7. The molecule has 0 unspecified atom stereocenters. The van der Waals surface area contributed by atoms with Gasteiger partial charge < -0.3 is 0 Å². The Hall–Kier alpha value is -6.45. The highest BCUT2D eigenvalue weighted by Gasteiger charge is 2.35. The van der Waals surface area contributed by atoms with E-state index in [1.165, 1.54) is 38.9 Å². The van der Waals surface area contributed by atoms with Gasteiger partial charge in [-0.25, -0.2) is 15.0 Å². The first-order valence-corrected chi connectivity index (χ1v) is 17.4. The lowest BCUT2D eigenvalue weighted by Gasteiger charge is -2.21. The zero-order valence-electron chi connectivity index (χ0n) is 28.6. The molecule has 0 bridgehead atoms. The lowest BCUT2D eigenvalue weighted by atomic mass is 9.82. The van der Waals surface area contributed by atoms with Crippen LogP contribution in [0.15, 0.2) is 176 Å². The quantitative estimate of drug-likeness (QED) is 0.179. The Balaban J connectivity index is 1.09. The first kappa shape index (κ1) is 30.6. The second kappa shape index (κ2) is 12.5. The van der Waals surface area contributed by atoms with Gasteiger partial charge in [0.05, 0.1) is 0 Å². The summed E-state index contributed by atoms with van der Waals surface area (Å²) in [5.74, 6) is 1.93. The van der Waals surface area contributed by atoms with Crippen LogP contribution in [0, 0.1) is 0 Å². The smallest absolute Gasteiger partial charge is 0.164 e. The summed E-state index contributed by atoms with van der Waals surface area (Å²) in [7, 11) is 0. The molecule has 51 heavy (non-hydrogen) atoms. The van der Waals surface area contributed by atoms with Gasteiger partial charge in [-0.2, -0.15) is 0 Å². The Morgan fingerprint density at radius 1 is 0.294 bits per heavy atom. The van der Waals surface area contributed by atoms with Gasteiger partial charge in [0.15, 0.2) is 17.5 Å². The maximum atomic E-state index is 5.04. The van der Waals surface area contributed by atoms with Crippen LogP contribution in [0.25, 0.3) is 78.7 Å². The molecule has 3 nitrogen and oxygen atoms in total. The molecule has 0 amide bonds. The van der Waals surface area contributed by atoms with Crippen molar-refractivity contribution < 1.29 is 0 Å². The number of rotatable bonds is 6. The van der Waals surface area contributed by atoms with Gasteiger partial charge in [0, 0.05) is 22.1 Å². The Morgan fingerprint density at radius 3 is 1.10 bits per heavy atom. The highest BCUT2D eigenvalue weighted by atomic mass is 15.0. The molecule has 7 aromatic carbocycles. The van der Waals surface area contributed by atoms with E-state index < -0.39 is 0 Å². The number of fused-ring (bicyclic) bond motifs is 3. The largest absolute Gasteiger partial charge is 0.208 e. The third kappa shape index (κ3) is 5.63. The van der Waals surface area contributed by atoms with Crippen LogP contribution in [0.3, 0.4) is 0 Å². The maximum Gasteiger partial charge on any atom is 0.164 e. The lowest BCUT2D eigenvalue weighted by molar-refractivity contribution is 0.660. The molecule has 0 radical (unpaired) electrons. The number of hydrogen-bond donors (Lipinski definition) is 0. The van der Waals surface area contributed by atoms with Crippen molar-refractivity contribution in [3.63, 3.8) is 0 Å². The van der Waals surface area contributed by atoms with Crippen LogP contribution in [-0.2, 0) is 5.41 Å². The van der Waals surface area contributed by atoms with Crippen LogP contribution in [0.2, 0.25) is 0 Å². The van der Waals surface area contributed by atoms with E-state index in [9.17, 15) is 0 Å². The molecule has 0 N–H and O–H groups in total. The molecule has 0 aliphatic heterocycles. The number of benzene rings is 7. The Morgan fingerprint density at radius 2 is 0.627 bits per heavy atom. The third-order valence-corrected chi connectivity index (χ3v) is 10.2. The molecule has 1 aromatic heterocycles. The van der Waals surface area contributed by atoms with Crippen molar-refractivity contribution in [1.82, 2.24) is 15.0 Å². The summed E-state index contributed by atoms with van der Waals surface area (Å²) < 4.78 is 0. The molecule has 1 aliphatic rings. The van der Waals surface area contributed by atoms with Crippen LogP contribution >= 0.6 is 0 Å². The van der Waals surface area contributed by atoms with E-state index in [0.29, 0.717) is 17.5 Å². The monoisotopic (exact) mass is 653 g/mol. The number of aromatic nitrogens is 3. The highest BCUT2D eigenvalue weighted by molar-refractivity contribution is 5.85. The molecular formula is C48H35N3. The van der Waals surface area contributed by atoms with E-state index in [1.54, 1.807) is 0 Å². The number of hydrogen-bond acceptors (Lipinski definition) is 3. The SMILES string of the molecule is CC1(C)c2ccccc2-c2cc(-c3ccc(-c4nc(-c5ccc(-c6ccccc6)cc5)nc(-c5ccc(-c6ccccc6)cc5)n4)cc3)ccc21. The molecule has 0 saturated heterocycles. The molecule has 242 valence electrons. The zero-order chi connectivity index (χ0) is 34.4. The van der Waals surface area contributed by atoms with E-state index >= 15 is 0 Å². The molecule has 8 aromatic rings. The zero-order valence-corrected chi connectivity index (χ0v) is 28.6. The lowest BCUT2D eigenvalue weighted by Crippen LogP contribution is -2.14. The second-order valence-corrected chi connectivity index (χ2v) is 13.7. The van der Waals surface area contributed by atoms with Crippen molar-refractivity contribution in [1.29, 1.82) is 0 Å². The van der Waals surface area contributed by atoms with Gasteiger partial charge in [0.1, 0.15) is 0 Å². The summed E-state index contributed by atoms with van der Waals surface area (Å²) in [5, 5.41) is 0. The van der Waals surface area contributed by atoms with Crippen LogP contribution in [0.5, 0.6) is 0 Å². The van der Waals surface area contributed by atoms with E-state index in [0.717, 1.165) is 33.4 Å². The molecule has 9 rings (SSSR count). The van der Waals surface area contributed by atoms with E-state index in [2.05, 4.69) is 178 Å². The summed E-state index contributed by atoms with van der Waals surface area (Å²) >= 11 is 0. The number of nitrogens with zero attached hydrogens (tertiary/aromatic N) is 3. The van der Waals surface area contributed by atoms with Crippen LogP contribution in [-0.4, -0.2) is 15.0 Å². The molecule has 0 fully saturated rings. The summed E-state index contributed by atoms with van der Waals surface area (Å²) in [6, 6.07) is 62.0. The summed E-state index contributed by atoms with van der Waals surface area (Å²) in [5.41, 5.74) is 15.2. The summed E-state index contributed by atoms with van der Waals surface area (Å²) in [6.07, 6.45) is 0. The fourth-order valence-electron chi connectivity index (χ4n) is 7.36. The summed E-state index contributed by atoms with van der Waals surface area (Å²) in [6.45, 7) is 4.64. The van der Waals surface area contributed by atoms with Crippen molar-refractivity contribution in [3.05, 3.63) is 187 Å². The van der Waals surface area contributed by atoms with Gasteiger partial charge in [0.2, 0.25) is 0 Å². The van der Waals surface area contributed by atoms with Crippen molar-refractivity contribution >= 4 is 0 Å². The molecule has 0 atom stereocenters. The Labute approximate surface area is 299 Å². The van der Waals surface area contributed by atoms with Gasteiger partial charge >= 0.3 is 0 Å². The predicted molar refractivity (Wildman–Crippen MR) is 210 cm³/mol. The average Bonchev–Trinajstić information content (AvgIpc) is 3.44. The van der Waals surface area contributed by atoms with Crippen molar-refractivity contribution in [2.24, 2.45) is 0 Å². The minimum atomic E-state index is -0.00779. The fraction of sp³-hybridized carbons (Fsp3) is 0.0625. The molecule has 0 saturated carbocycles. The highest BCUT2D eigenvalue weighted by Crippen LogP contribution is 2.49. The van der Waals surface area contributed by atoms with E-state index in [4.69, 9.17) is 15.0 Å². The third-order valence-electron chi connectivity index (χ3n) is 10.2. The average molecular weight is 654 g/mol. The van der Waals surface area contributed by atoms with E-state index in [-0.39, 0.29) is 5.41 Å². The van der Waals surface area contributed by atoms with Crippen LogP contribution in [0.1, 0.15) is 25.0 Å². The molecule has 0 spiro atoms. The first-order valence-electron chi connectivity index (χ1n) is 17.4. The van der Waals surface area contributed by atoms with E-state index in [1.807, 2.05) is 12.1 Å². The molecule has 1 heterocycles. The van der Waals surface area contributed by atoms with Gasteiger partial charge in [-0.15, -0.1) is 0 Å². The minimum absolute atomic E-state index is 0.00779. The molecule has 1 aliphatic carbocycles. The molecule has 3 heteroatoms. The molecular weight excluding hydrogens is 619 g/mol. The predicted octanol–water partition coefficient (Wildman–Crippen LogP) is 12.2. The van der Waals surface area contributed by atoms with Gasteiger partial charge in [-0.05, 0) is 61.7 Å². The van der Waals surface area contributed by atoms with Gasteiger partial charge in [-0.1, -0.05) is 184 Å². The van der Waals surface area contributed by atoms with Gasteiger partial charge in [0.25, 0.3) is 0 Å². The topological polar surface area (TPSA) is 38.7 Å². The minimum Gasteiger partial charge on any atom is -0.208 e. The van der Waals surface area contributed by atoms with Crippen molar-refractivity contribution in [3.8, 4) is 78.7 Å². The van der Waals surface area contributed by atoms with Gasteiger partial charge in [-0.3, -0.25) is 0 Å². The standard InChI is InChI=1S/C48H35N3/c1-48(2)43-16-10-9-15-41(43)42-31-40(29-30-44(42)48)36-21-27-39(28-22-36)47-50-45(37-23-17-34(18-24-37)32-11-5-3-6-12-32)49-46(51-47)38-25-19-35(20-26-38)33-13-7-4-8-14-33/h3-31H,1-2H3.